The third-order valence-electron chi connectivity index (χ3n) is 1.83. The molecule has 2 aromatic heterocycles. The monoisotopic (exact) mass is 224 g/mol. The molecule has 0 radical (unpaired) electrons. The summed E-state index contributed by atoms with van der Waals surface area (Å²) in [5, 5.41) is 11.8. The number of pyridine rings is 1. The number of hydrogen-bond donors (Lipinski definition) is 1. The van der Waals surface area contributed by atoms with Crippen LogP contribution in [0, 0.1) is 0 Å². The first-order valence-corrected chi connectivity index (χ1v) is 4.77. The standard InChI is InChI=1S/C8H9ClN6/c9-6-1-2-7(11-5-6)8-12-13-14-15(8)4-3-10/h1-2,5H,3-4,10H2. The third-order valence-corrected chi connectivity index (χ3v) is 2.05. The fourth-order valence-corrected chi connectivity index (χ4v) is 1.28. The third kappa shape index (κ3) is 2.11. The van der Waals surface area contributed by atoms with Gasteiger partial charge >= 0.3 is 0 Å². The van der Waals surface area contributed by atoms with Crippen LogP contribution in [-0.4, -0.2) is 31.7 Å². The van der Waals surface area contributed by atoms with Crippen molar-refractivity contribution in [2.75, 3.05) is 6.54 Å². The molecule has 0 atom stereocenters. The normalized spacial score (nSPS) is 10.5. The molecule has 2 N–H and O–H groups in total. The minimum atomic E-state index is 0.478. The van der Waals surface area contributed by atoms with Crippen molar-refractivity contribution in [3.05, 3.63) is 23.4 Å². The average Bonchev–Trinajstić information content (AvgIpc) is 2.68. The summed E-state index contributed by atoms with van der Waals surface area (Å²) in [7, 11) is 0. The first kappa shape index (κ1) is 10.0. The molecule has 0 amide bonds. The maximum absolute atomic E-state index is 5.73. The molecule has 2 rings (SSSR count). The number of tetrazole rings is 1. The molecule has 0 aromatic carbocycles. The predicted octanol–water partition coefficient (Wildman–Crippen LogP) is 0.347. The van der Waals surface area contributed by atoms with Gasteiger partial charge in [0.25, 0.3) is 0 Å². The topological polar surface area (TPSA) is 82.5 Å². The van der Waals surface area contributed by atoms with E-state index >= 15 is 0 Å². The van der Waals surface area contributed by atoms with E-state index in [1.165, 1.54) is 0 Å². The van der Waals surface area contributed by atoms with Crippen molar-refractivity contribution in [3.63, 3.8) is 0 Å². The van der Waals surface area contributed by atoms with Gasteiger partial charge in [0, 0.05) is 12.7 Å². The molecule has 0 saturated heterocycles. The van der Waals surface area contributed by atoms with E-state index in [9.17, 15) is 0 Å². The second kappa shape index (κ2) is 4.33. The van der Waals surface area contributed by atoms with Crippen molar-refractivity contribution < 1.29 is 0 Å². The minimum Gasteiger partial charge on any atom is -0.329 e. The number of rotatable bonds is 3. The zero-order chi connectivity index (χ0) is 10.7. The van der Waals surface area contributed by atoms with Crippen LogP contribution in [0.5, 0.6) is 0 Å². The summed E-state index contributed by atoms with van der Waals surface area (Å²) in [4.78, 5) is 4.13. The molecule has 0 saturated carbocycles. The van der Waals surface area contributed by atoms with Crippen molar-refractivity contribution in [2.24, 2.45) is 5.73 Å². The maximum Gasteiger partial charge on any atom is 0.200 e. The quantitative estimate of drug-likeness (QED) is 0.813. The van der Waals surface area contributed by atoms with E-state index in [4.69, 9.17) is 17.3 Å². The summed E-state index contributed by atoms with van der Waals surface area (Å²) in [5.74, 6) is 0.595. The first-order chi connectivity index (χ1) is 7.31. The highest BCUT2D eigenvalue weighted by molar-refractivity contribution is 6.30. The summed E-state index contributed by atoms with van der Waals surface area (Å²) in [6, 6.07) is 3.51. The maximum atomic E-state index is 5.73. The molecule has 78 valence electrons. The van der Waals surface area contributed by atoms with Crippen LogP contribution in [0.25, 0.3) is 11.5 Å². The largest absolute Gasteiger partial charge is 0.329 e. The van der Waals surface area contributed by atoms with Crippen LogP contribution in [0.3, 0.4) is 0 Å². The van der Waals surface area contributed by atoms with E-state index in [1.54, 1.807) is 23.0 Å². The van der Waals surface area contributed by atoms with Gasteiger partial charge in [0.15, 0.2) is 0 Å². The summed E-state index contributed by atoms with van der Waals surface area (Å²) < 4.78 is 1.61. The Morgan fingerprint density at radius 1 is 1.40 bits per heavy atom. The molecule has 0 fully saturated rings. The van der Waals surface area contributed by atoms with Crippen LogP contribution >= 0.6 is 11.6 Å². The van der Waals surface area contributed by atoms with Gasteiger partial charge in [0.1, 0.15) is 5.69 Å². The van der Waals surface area contributed by atoms with E-state index in [0.29, 0.717) is 29.6 Å². The lowest BCUT2D eigenvalue weighted by molar-refractivity contribution is 0.602. The molecule has 2 aromatic rings. The van der Waals surface area contributed by atoms with E-state index in [1.807, 2.05) is 0 Å². The lowest BCUT2D eigenvalue weighted by atomic mass is 10.3. The lowest BCUT2D eigenvalue weighted by Gasteiger charge is -2.01. The molecule has 0 bridgehead atoms. The Hall–Kier alpha value is -1.53. The van der Waals surface area contributed by atoms with Gasteiger partial charge in [-0.1, -0.05) is 11.6 Å². The van der Waals surface area contributed by atoms with E-state index in [2.05, 4.69) is 20.5 Å². The van der Waals surface area contributed by atoms with Crippen LogP contribution in [-0.2, 0) is 6.54 Å². The molecule has 2 heterocycles. The molecule has 15 heavy (non-hydrogen) atoms. The summed E-state index contributed by atoms with van der Waals surface area (Å²) >= 11 is 5.73. The zero-order valence-electron chi connectivity index (χ0n) is 7.84. The van der Waals surface area contributed by atoms with Crippen molar-refractivity contribution in [3.8, 4) is 11.5 Å². The molecular formula is C8H9ClN6. The van der Waals surface area contributed by atoms with Gasteiger partial charge in [-0.25, -0.2) is 4.68 Å². The van der Waals surface area contributed by atoms with Crippen LogP contribution in [0.2, 0.25) is 5.02 Å². The molecule has 6 nitrogen and oxygen atoms in total. The highest BCUT2D eigenvalue weighted by atomic mass is 35.5. The molecule has 7 heteroatoms. The van der Waals surface area contributed by atoms with Gasteiger partial charge in [-0.15, -0.1) is 5.10 Å². The number of nitrogens with two attached hydrogens (primary N) is 1. The van der Waals surface area contributed by atoms with E-state index in [-0.39, 0.29) is 0 Å². The lowest BCUT2D eigenvalue weighted by Crippen LogP contribution is -2.12. The Kier molecular flexibility index (Phi) is 2.89. The fourth-order valence-electron chi connectivity index (χ4n) is 1.17. The Morgan fingerprint density at radius 3 is 2.93 bits per heavy atom. The predicted molar refractivity (Wildman–Crippen MR) is 55.1 cm³/mol. The van der Waals surface area contributed by atoms with Gasteiger partial charge in [-0.2, -0.15) is 0 Å². The fraction of sp³-hybridized carbons (Fsp3) is 0.250. The van der Waals surface area contributed by atoms with Gasteiger partial charge in [0.05, 0.1) is 11.6 Å². The number of halogens is 1. The van der Waals surface area contributed by atoms with E-state index in [0.717, 1.165) is 0 Å². The van der Waals surface area contributed by atoms with Crippen molar-refractivity contribution in [1.29, 1.82) is 0 Å². The van der Waals surface area contributed by atoms with Crippen molar-refractivity contribution >= 4 is 11.6 Å². The second-order valence-corrected chi connectivity index (χ2v) is 3.31. The summed E-state index contributed by atoms with van der Waals surface area (Å²) in [5.41, 5.74) is 6.11. The highest BCUT2D eigenvalue weighted by Crippen LogP contribution is 2.14. The minimum absolute atomic E-state index is 0.478. The SMILES string of the molecule is NCCn1nnnc1-c1ccc(Cl)cn1. The second-order valence-electron chi connectivity index (χ2n) is 2.88. The van der Waals surface area contributed by atoms with Crippen LogP contribution in [0.1, 0.15) is 0 Å². The average molecular weight is 225 g/mol. The smallest absolute Gasteiger partial charge is 0.200 e. The van der Waals surface area contributed by atoms with Gasteiger partial charge in [0.2, 0.25) is 5.82 Å². The van der Waals surface area contributed by atoms with Crippen LogP contribution < -0.4 is 5.73 Å². The highest BCUT2D eigenvalue weighted by Gasteiger charge is 2.08. The Balaban J connectivity index is 2.36. The first-order valence-electron chi connectivity index (χ1n) is 4.39. The molecule has 0 unspecified atom stereocenters. The van der Waals surface area contributed by atoms with Crippen LogP contribution in [0.4, 0.5) is 0 Å². The van der Waals surface area contributed by atoms with Gasteiger partial charge in [-0.05, 0) is 22.6 Å². The molecule has 0 aliphatic carbocycles. The van der Waals surface area contributed by atoms with Crippen LogP contribution in [0.15, 0.2) is 18.3 Å². The molecule has 0 aliphatic rings. The van der Waals surface area contributed by atoms with Crippen molar-refractivity contribution in [2.45, 2.75) is 6.54 Å². The van der Waals surface area contributed by atoms with E-state index < -0.39 is 0 Å². The number of aromatic nitrogens is 5. The molecule has 0 aliphatic heterocycles. The summed E-state index contributed by atoms with van der Waals surface area (Å²) in [6.07, 6.45) is 1.55. The number of nitrogens with zero attached hydrogens (tertiary/aromatic N) is 5. The Morgan fingerprint density at radius 2 is 2.27 bits per heavy atom. The van der Waals surface area contributed by atoms with Gasteiger partial charge < -0.3 is 5.73 Å². The Labute approximate surface area is 91.1 Å². The Bertz CT molecular complexity index is 437. The van der Waals surface area contributed by atoms with Crippen molar-refractivity contribution in [1.82, 2.24) is 25.2 Å². The molecule has 0 spiro atoms. The zero-order valence-corrected chi connectivity index (χ0v) is 8.59. The molecular weight excluding hydrogens is 216 g/mol. The number of hydrogen-bond acceptors (Lipinski definition) is 5. The summed E-state index contributed by atoms with van der Waals surface area (Å²) in [6.45, 7) is 1.04. The van der Waals surface area contributed by atoms with Gasteiger partial charge in [-0.3, -0.25) is 4.98 Å².